The summed E-state index contributed by atoms with van der Waals surface area (Å²) in [6, 6.07) is 1.98. The van der Waals surface area contributed by atoms with Crippen molar-refractivity contribution < 1.29 is 3.79 Å². The van der Waals surface area contributed by atoms with Gasteiger partial charge < -0.3 is 3.79 Å². The van der Waals surface area contributed by atoms with Crippen LogP contribution in [0.4, 0.5) is 0 Å². The highest BCUT2D eigenvalue weighted by Gasteiger charge is 2.28. The molecule has 0 spiro atoms. The van der Waals surface area contributed by atoms with Gasteiger partial charge in [0.15, 0.2) is 5.66 Å². The number of aromatic nitrogens is 2. The Bertz CT molecular complexity index is 461. The van der Waals surface area contributed by atoms with Crippen LogP contribution in [0, 0.1) is 0 Å². The van der Waals surface area contributed by atoms with E-state index in [0.29, 0.717) is 11.7 Å². The molecule has 0 atom stereocenters. The number of nitrogens with zero attached hydrogens (tertiary/aromatic N) is 4. The molecule has 1 aliphatic rings. The molecule has 0 N–H and O–H groups in total. The quantitative estimate of drug-likeness (QED) is 0.669. The summed E-state index contributed by atoms with van der Waals surface area (Å²) in [6.07, 6.45) is 2.79. The van der Waals surface area contributed by atoms with Crippen LogP contribution >= 0.6 is 0 Å². The summed E-state index contributed by atoms with van der Waals surface area (Å²) in [7, 11) is 0. The van der Waals surface area contributed by atoms with Crippen molar-refractivity contribution in [3.63, 3.8) is 0 Å². The van der Waals surface area contributed by atoms with Gasteiger partial charge in [-0.1, -0.05) is 6.92 Å². The molecule has 1 aromatic rings. The minimum absolute atomic E-state index is 0.455. The van der Waals surface area contributed by atoms with Gasteiger partial charge in [0.1, 0.15) is 0 Å². The lowest BCUT2D eigenvalue weighted by Crippen LogP contribution is -2.23. The van der Waals surface area contributed by atoms with Crippen molar-refractivity contribution >= 4 is 28.4 Å². The SMILES string of the molecule is CCc1ccn(C2=NC(C)(C)N=C2[O][AlH])n1. The molecule has 2 rings (SSSR count). The second-order valence-corrected chi connectivity index (χ2v) is 4.39. The molecule has 0 unspecified atom stereocenters. The minimum atomic E-state index is -0.455. The number of rotatable bonds is 1. The molecule has 1 radical (unpaired) electrons. The lowest BCUT2D eigenvalue weighted by atomic mass is 10.3. The van der Waals surface area contributed by atoms with Gasteiger partial charge in [-0.05, 0) is 26.3 Å². The highest BCUT2D eigenvalue weighted by atomic mass is 27.1. The fraction of sp³-hybridized carbons (Fsp3) is 0.500. The van der Waals surface area contributed by atoms with Crippen molar-refractivity contribution in [2.45, 2.75) is 32.9 Å². The Hall–Kier alpha value is -1.12. The van der Waals surface area contributed by atoms with Crippen LogP contribution in [0.2, 0.25) is 0 Å². The van der Waals surface area contributed by atoms with E-state index >= 15 is 0 Å². The molecule has 0 amide bonds. The van der Waals surface area contributed by atoms with Gasteiger partial charge >= 0.3 is 16.6 Å². The van der Waals surface area contributed by atoms with Gasteiger partial charge in [0, 0.05) is 6.20 Å². The Morgan fingerprint density at radius 2 is 2.19 bits per heavy atom. The second kappa shape index (κ2) is 4.04. The van der Waals surface area contributed by atoms with Crippen LogP contribution < -0.4 is 0 Å². The molecule has 1 aromatic heterocycles. The van der Waals surface area contributed by atoms with Crippen LogP contribution in [0.5, 0.6) is 0 Å². The van der Waals surface area contributed by atoms with E-state index in [-0.39, 0.29) is 0 Å². The van der Waals surface area contributed by atoms with Crippen LogP contribution in [-0.4, -0.2) is 43.8 Å². The first-order chi connectivity index (χ1) is 7.55. The van der Waals surface area contributed by atoms with Crippen LogP contribution in [0.1, 0.15) is 26.5 Å². The molecule has 0 bridgehead atoms. The summed E-state index contributed by atoms with van der Waals surface area (Å²) in [6.45, 7) is 5.94. The van der Waals surface area contributed by atoms with Crippen molar-refractivity contribution in [1.29, 1.82) is 0 Å². The molecule has 2 heterocycles. The third-order valence-electron chi connectivity index (χ3n) is 2.31. The summed E-state index contributed by atoms with van der Waals surface area (Å²) in [5.41, 5.74) is 0.578. The van der Waals surface area contributed by atoms with Gasteiger partial charge in [0.2, 0.25) is 11.7 Å². The van der Waals surface area contributed by atoms with Crippen LogP contribution in [-0.2, 0) is 10.2 Å². The van der Waals surface area contributed by atoms with Gasteiger partial charge in [-0.3, -0.25) is 0 Å². The number of hydrogen-bond donors (Lipinski definition) is 0. The Morgan fingerprint density at radius 1 is 1.44 bits per heavy atom. The molecule has 0 aromatic carbocycles. The molecular weight excluding hydrogens is 219 g/mol. The number of aliphatic imine (C=N–C) groups is 2. The van der Waals surface area contributed by atoms with Crippen LogP contribution in [0.25, 0.3) is 0 Å². The van der Waals surface area contributed by atoms with E-state index in [0.717, 1.165) is 12.1 Å². The summed E-state index contributed by atoms with van der Waals surface area (Å²) in [5.74, 6) is 1.23. The average molecular weight is 233 g/mol. The van der Waals surface area contributed by atoms with Gasteiger partial charge in [0.05, 0.1) is 5.69 Å². The van der Waals surface area contributed by atoms with Crippen molar-refractivity contribution in [3.05, 3.63) is 18.0 Å². The zero-order valence-corrected chi connectivity index (χ0v) is 11.2. The normalized spacial score (nSPS) is 18.2. The second-order valence-electron chi connectivity index (χ2n) is 4.10. The molecule has 1 aliphatic heterocycles. The fourth-order valence-electron chi connectivity index (χ4n) is 1.54. The Balaban J connectivity index is 2.38. The topological polar surface area (TPSA) is 51.8 Å². The van der Waals surface area contributed by atoms with E-state index in [1.807, 2.05) is 26.1 Å². The zero-order chi connectivity index (χ0) is 11.8. The largest absolute Gasteiger partial charge is 0.634 e. The van der Waals surface area contributed by atoms with E-state index in [1.54, 1.807) is 4.68 Å². The molecule has 0 saturated heterocycles. The zero-order valence-electron chi connectivity index (χ0n) is 9.77. The van der Waals surface area contributed by atoms with Crippen molar-refractivity contribution in [2.75, 3.05) is 0 Å². The predicted octanol–water partition coefficient (Wildman–Crippen LogP) is 0.673. The maximum atomic E-state index is 5.24. The molecular formula is C10H14AlN4O. The minimum Gasteiger partial charge on any atom is -0.634 e. The first-order valence-electron chi connectivity index (χ1n) is 5.23. The summed E-state index contributed by atoms with van der Waals surface area (Å²) in [4.78, 5) is 8.85. The first-order valence-corrected chi connectivity index (χ1v) is 5.80. The summed E-state index contributed by atoms with van der Waals surface area (Å²) in [5, 5.41) is 4.40. The Kier molecular flexibility index (Phi) is 2.87. The lowest BCUT2D eigenvalue weighted by molar-refractivity contribution is 0.544. The number of aryl methyl sites for hydroxylation is 1. The maximum absolute atomic E-state index is 5.24. The maximum Gasteiger partial charge on any atom is 0.495 e. The van der Waals surface area contributed by atoms with E-state index in [2.05, 4.69) is 22.0 Å². The monoisotopic (exact) mass is 233 g/mol. The van der Waals surface area contributed by atoms with Gasteiger partial charge in [-0.2, -0.15) is 5.10 Å². The molecule has 0 saturated carbocycles. The fourth-order valence-corrected chi connectivity index (χ4v) is 1.74. The van der Waals surface area contributed by atoms with Gasteiger partial charge in [-0.15, -0.1) is 0 Å². The van der Waals surface area contributed by atoms with Crippen LogP contribution in [0.3, 0.4) is 0 Å². The molecule has 0 aliphatic carbocycles. The third kappa shape index (κ3) is 2.04. The smallest absolute Gasteiger partial charge is 0.495 e. The van der Waals surface area contributed by atoms with E-state index in [9.17, 15) is 0 Å². The Morgan fingerprint density at radius 3 is 2.75 bits per heavy atom. The van der Waals surface area contributed by atoms with Crippen LogP contribution in [0.15, 0.2) is 22.2 Å². The molecule has 6 heteroatoms. The third-order valence-corrected chi connectivity index (χ3v) is 2.58. The van der Waals surface area contributed by atoms with E-state index in [4.69, 9.17) is 3.79 Å². The standard InChI is InChI=1S/C10H14N4O.Al.H/c1-4-7-5-6-14(13-7)8-9(15)12-10(2,3)11-8;;/h5-6H,4H2,1-3H3,(H,12,15);;/q;+1;/p-1. The van der Waals surface area contributed by atoms with Crippen molar-refractivity contribution in [3.8, 4) is 0 Å². The van der Waals surface area contributed by atoms with E-state index < -0.39 is 5.66 Å². The Labute approximate surface area is 103 Å². The summed E-state index contributed by atoms with van der Waals surface area (Å²) >= 11 is 1.40. The molecule has 83 valence electrons. The average Bonchev–Trinajstić information content (AvgIpc) is 2.81. The highest BCUT2D eigenvalue weighted by molar-refractivity contribution is 6.42. The number of hydrogen-bond acceptors (Lipinski definition) is 4. The summed E-state index contributed by atoms with van der Waals surface area (Å²) < 4.78 is 6.97. The molecule has 16 heavy (non-hydrogen) atoms. The van der Waals surface area contributed by atoms with Crippen molar-refractivity contribution in [1.82, 2.24) is 9.78 Å². The van der Waals surface area contributed by atoms with Gasteiger partial charge in [0.25, 0.3) is 0 Å². The molecule has 5 nitrogen and oxygen atoms in total. The highest BCUT2D eigenvalue weighted by Crippen LogP contribution is 2.19. The molecule has 0 fully saturated rings. The van der Waals surface area contributed by atoms with Gasteiger partial charge in [-0.25, -0.2) is 14.7 Å². The lowest BCUT2D eigenvalue weighted by Gasteiger charge is -2.06. The first kappa shape index (κ1) is 11.4. The van der Waals surface area contributed by atoms with E-state index in [1.165, 1.54) is 16.6 Å². The van der Waals surface area contributed by atoms with Crippen molar-refractivity contribution in [2.24, 2.45) is 9.98 Å². The predicted molar refractivity (Wildman–Crippen MR) is 64.2 cm³/mol.